The maximum absolute atomic E-state index is 8.58. The number of anilines is 1. The fourth-order valence-corrected chi connectivity index (χ4v) is 1.79. The Kier molecular flexibility index (Phi) is 5.49. The molecule has 0 spiro atoms. The maximum Gasteiger partial charge on any atom is 0.141 e. The maximum atomic E-state index is 8.58. The van der Waals surface area contributed by atoms with Gasteiger partial charge in [0.2, 0.25) is 0 Å². The van der Waals surface area contributed by atoms with Crippen molar-refractivity contribution in [3.8, 4) is 0 Å². The van der Waals surface area contributed by atoms with Crippen molar-refractivity contribution in [1.29, 1.82) is 0 Å². The van der Waals surface area contributed by atoms with Gasteiger partial charge in [-0.1, -0.05) is 38.1 Å². The number of nitrogens with one attached hydrogen (secondary N) is 1. The summed E-state index contributed by atoms with van der Waals surface area (Å²) < 4.78 is 0. The van der Waals surface area contributed by atoms with Crippen molar-refractivity contribution >= 4 is 11.5 Å². The van der Waals surface area contributed by atoms with Crippen molar-refractivity contribution in [2.24, 2.45) is 10.9 Å². The van der Waals surface area contributed by atoms with Crippen LogP contribution in [-0.4, -0.2) is 17.1 Å². The van der Waals surface area contributed by atoms with Gasteiger partial charge in [-0.25, -0.2) is 0 Å². The lowest BCUT2D eigenvalue weighted by atomic mass is 10.0. The number of oxime groups is 1. The Labute approximate surface area is 109 Å². The Hall–Kier alpha value is -1.71. The first-order chi connectivity index (χ1) is 8.56. The normalized spacial score (nSPS) is 13.7. The molecule has 0 saturated carbocycles. The first-order valence-electron chi connectivity index (χ1n) is 6.39. The third-order valence-corrected chi connectivity index (χ3v) is 3.02. The van der Waals surface area contributed by atoms with E-state index in [0.717, 1.165) is 12.1 Å². The zero-order valence-electron chi connectivity index (χ0n) is 11.4. The van der Waals surface area contributed by atoms with Crippen LogP contribution in [0.3, 0.4) is 0 Å². The van der Waals surface area contributed by atoms with Crippen LogP contribution < -0.4 is 11.1 Å². The summed E-state index contributed by atoms with van der Waals surface area (Å²) in [7, 11) is 0. The van der Waals surface area contributed by atoms with Crippen molar-refractivity contribution in [2.75, 3.05) is 5.32 Å². The highest BCUT2D eigenvalue weighted by molar-refractivity contribution is 5.80. The molecule has 0 amide bonds. The smallest absolute Gasteiger partial charge is 0.141 e. The largest absolute Gasteiger partial charge is 0.409 e. The first-order valence-corrected chi connectivity index (χ1v) is 6.39. The molecule has 4 heteroatoms. The van der Waals surface area contributed by atoms with Crippen LogP contribution in [0.5, 0.6) is 0 Å². The van der Waals surface area contributed by atoms with Gasteiger partial charge in [-0.3, -0.25) is 0 Å². The predicted molar refractivity (Wildman–Crippen MR) is 76.3 cm³/mol. The minimum atomic E-state index is 0.186. The Morgan fingerprint density at radius 3 is 2.39 bits per heavy atom. The Morgan fingerprint density at radius 2 is 1.94 bits per heavy atom. The fourth-order valence-electron chi connectivity index (χ4n) is 1.79. The molecule has 100 valence electrons. The van der Waals surface area contributed by atoms with E-state index in [1.165, 1.54) is 5.56 Å². The van der Waals surface area contributed by atoms with Crippen molar-refractivity contribution in [1.82, 2.24) is 0 Å². The van der Waals surface area contributed by atoms with Crippen LogP contribution in [0.1, 0.15) is 45.1 Å². The third kappa shape index (κ3) is 4.28. The molecule has 0 aromatic heterocycles. The molecule has 4 N–H and O–H groups in total. The SMILES string of the molecule is CCC(C/C(N)=N/O)Nc1ccc(C(C)C)cc1. The number of nitrogens with zero attached hydrogens (tertiary/aromatic N) is 1. The van der Waals surface area contributed by atoms with Gasteiger partial charge in [0.25, 0.3) is 0 Å². The van der Waals surface area contributed by atoms with Crippen molar-refractivity contribution in [2.45, 2.75) is 45.6 Å². The summed E-state index contributed by atoms with van der Waals surface area (Å²) >= 11 is 0. The Morgan fingerprint density at radius 1 is 1.33 bits per heavy atom. The van der Waals surface area contributed by atoms with Gasteiger partial charge in [0.1, 0.15) is 5.84 Å². The van der Waals surface area contributed by atoms with Crippen molar-refractivity contribution in [3.05, 3.63) is 29.8 Å². The van der Waals surface area contributed by atoms with E-state index < -0.39 is 0 Å². The minimum absolute atomic E-state index is 0.186. The first kappa shape index (κ1) is 14.4. The van der Waals surface area contributed by atoms with E-state index in [4.69, 9.17) is 10.9 Å². The van der Waals surface area contributed by atoms with Crippen LogP contribution in [0.25, 0.3) is 0 Å². The van der Waals surface area contributed by atoms with E-state index >= 15 is 0 Å². The molecule has 1 unspecified atom stereocenters. The second-order valence-electron chi connectivity index (χ2n) is 4.82. The predicted octanol–water partition coefficient (Wildman–Crippen LogP) is 3.14. The van der Waals surface area contributed by atoms with E-state index in [2.05, 4.69) is 55.5 Å². The van der Waals surface area contributed by atoms with E-state index in [-0.39, 0.29) is 11.9 Å². The Bertz CT molecular complexity index is 385. The van der Waals surface area contributed by atoms with Crippen LogP contribution >= 0.6 is 0 Å². The zero-order valence-corrected chi connectivity index (χ0v) is 11.4. The lowest BCUT2D eigenvalue weighted by molar-refractivity contribution is 0.316. The number of benzene rings is 1. The summed E-state index contributed by atoms with van der Waals surface area (Å²) in [6.07, 6.45) is 1.46. The number of nitrogens with two attached hydrogens (primary N) is 1. The van der Waals surface area contributed by atoms with Gasteiger partial charge in [0.05, 0.1) is 0 Å². The molecule has 0 saturated heterocycles. The average molecular weight is 249 g/mol. The van der Waals surface area contributed by atoms with Crippen LogP contribution in [0.4, 0.5) is 5.69 Å². The van der Waals surface area contributed by atoms with Gasteiger partial charge in [-0.15, -0.1) is 0 Å². The molecule has 18 heavy (non-hydrogen) atoms. The van der Waals surface area contributed by atoms with Gasteiger partial charge < -0.3 is 16.3 Å². The fraction of sp³-hybridized carbons (Fsp3) is 0.500. The molecule has 0 aliphatic heterocycles. The molecule has 1 rings (SSSR count). The van der Waals surface area contributed by atoms with Gasteiger partial charge in [-0.2, -0.15) is 0 Å². The summed E-state index contributed by atoms with van der Waals surface area (Å²) in [6.45, 7) is 6.43. The molecule has 0 heterocycles. The van der Waals surface area contributed by atoms with E-state index in [1.54, 1.807) is 0 Å². The molecule has 0 radical (unpaired) electrons. The molecule has 0 aliphatic carbocycles. The summed E-state index contributed by atoms with van der Waals surface area (Å²) in [5.41, 5.74) is 7.92. The topological polar surface area (TPSA) is 70.6 Å². The molecule has 0 bridgehead atoms. The van der Waals surface area contributed by atoms with Crippen LogP contribution in [-0.2, 0) is 0 Å². The quantitative estimate of drug-likeness (QED) is 0.314. The molecular weight excluding hydrogens is 226 g/mol. The third-order valence-electron chi connectivity index (χ3n) is 3.02. The van der Waals surface area contributed by atoms with Gasteiger partial charge in [-0.05, 0) is 30.0 Å². The lowest BCUT2D eigenvalue weighted by Crippen LogP contribution is -2.26. The van der Waals surface area contributed by atoms with Gasteiger partial charge in [0.15, 0.2) is 0 Å². The van der Waals surface area contributed by atoms with Crippen molar-refractivity contribution in [3.63, 3.8) is 0 Å². The Balaban J connectivity index is 2.64. The molecule has 4 nitrogen and oxygen atoms in total. The summed E-state index contributed by atoms with van der Waals surface area (Å²) in [5, 5.41) is 15.0. The number of amidine groups is 1. The summed E-state index contributed by atoms with van der Waals surface area (Å²) in [5.74, 6) is 0.798. The summed E-state index contributed by atoms with van der Waals surface area (Å²) in [6, 6.07) is 8.59. The average Bonchev–Trinajstić information content (AvgIpc) is 2.38. The highest BCUT2D eigenvalue weighted by Gasteiger charge is 2.09. The molecule has 1 atom stereocenters. The van der Waals surface area contributed by atoms with Crippen molar-refractivity contribution < 1.29 is 5.21 Å². The standard InChI is InChI=1S/C14H23N3O/c1-4-12(9-14(15)17-18)16-13-7-5-11(6-8-13)10(2)3/h5-8,10,12,16,18H,4,9H2,1-3H3,(H2,15,17). The molecule has 1 aromatic carbocycles. The van der Waals surface area contributed by atoms with Gasteiger partial charge >= 0.3 is 0 Å². The number of rotatable bonds is 6. The van der Waals surface area contributed by atoms with Crippen LogP contribution in [0.2, 0.25) is 0 Å². The number of hydrogen-bond donors (Lipinski definition) is 3. The van der Waals surface area contributed by atoms with Crippen LogP contribution in [0.15, 0.2) is 29.4 Å². The van der Waals surface area contributed by atoms with Gasteiger partial charge in [0, 0.05) is 18.2 Å². The highest BCUT2D eigenvalue weighted by Crippen LogP contribution is 2.18. The summed E-state index contributed by atoms with van der Waals surface area (Å²) in [4.78, 5) is 0. The lowest BCUT2D eigenvalue weighted by Gasteiger charge is -2.18. The second kappa shape index (κ2) is 6.89. The van der Waals surface area contributed by atoms with E-state index in [1.807, 2.05) is 0 Å². The second-order valence-corrected chi connectivity index (χ2v) is 4.82. The zero-order chi connectivity index (χ0) is 13.5. The molecular formula is C14H23N3O. The molecule has 0 aliphatic rings. The number of hydrogen-bond acceptors (Lipinski definition) is 3. The monoisotopic (exact) mass is 249 g/mol. The van der Waals surface area contributed by atoms with E-state index in [9.17, 15) is 0 Å². The molecule has 1 aromatic rings. The highest BCUT2D eigenvalue weighted by atomic mass is 16.4. The minimum Gasteiger partial charge on any atom is -0.409 e. The van der Waals surface area contributed by atoms with E-state index in [0.29, 0.717) is 12.3 Å². The molecule has 0 fully saturated rings. The van der Waals surface area contributed by atoms with Crippen LogP contribution in [0, 0.1) is 0 Å².